The Hall–Kier alpha value is -1.47. The minimum Gasteiger partial charge on any atom is -0.368 e. The van der Waals surface area contributed by atoms with Crippen LogP contribution in [0.1, 0.15) is 33.4 Å². The van der Waals surface area contributed by atoms with Crippen LogP contribution in [0.3, 0.4) is 0 Å². The first-order valence-electron chi connectivity index (χ1n) is 6.86. The lowest BCUT2D eigenvalue weighted by molar-refractivity contribution is -0.0450. The van der Waals surface area contributed by atoms with Gasteiger partial charge in [-0.15, -0.1) is 0 Å². The average Bonchev–Trinajstić information content (AvgIpc) is 2.91. The Morgan fingerprint density at radius 1 is 1.52 bits per heavy atom. The van der Waals surface area contributed by atoms with Crippen molar-refractivity contribution in [1.29, 1.82) is 0 Å². The van der Waals surface area contributed by atoms with Crippen LogP contribution in [-0.2, 0) is 4.74 Å². The van der Waals surface area contributed by atoms with E-state index in [1.807, 2.05) is 13.8 Å². The molecule has 21 heavy (non-hydrogen) atoms. The van der Waals surface area contributed by atoms with E-state index < -0.39 is 11.9 Å². The lowest BCUT2D eigenvalue weighted by Crippen LogP contribution is -2.33. The van der Waals surface area contributed by atoms with Gasteiger partial charge in [0.1, 0.15) is 5.52 Å². The van der Waals surface area contributed by atoms with Crippen LogP contribution < -0.4 is 5.73 Å². The fourth-order valence-corrected chi connectivity index (χ4v) is 3.08. The Labute approximate surface area is 126 Å². The van der Waals surface area contributed by atoms with E-state index in [1.54, 1.807) is 4.57 Å². The van der Waals surface area contributed by atoms with Crippen molar-refractivity contribution in [2.75, 3.05) is 5.73 Å². The molecule has 2 aromatic heterocycles. The third-order valence-electron chi connectivity index (χ3n) is 4.29. The van der Waals surface area contributed by atoms with Gasteiger partial charge in [-0.1, -0.05) is 25.4 Å². The summed E-state index contributed by atoms with van der Waals surface area (Å²) in [6.45, 7) is 5.36. The molecule has 1 aliphatic heterocycles. The first kappa shape index (κ1) is 14.5. The molecule has 0 aliphatic carbocycles. The molecule has 8 heteroatoms. The highest BCUT2D eigenvalue weighted by Gasteiger charge is 2.52. The molecule has 6 nitrogen and oxygen atoms in total. The summed E-state index contributed by atoms with van der Waals surface area (Å²) in [7, 11) is 0. The molecule has 1 saturated heterocycles. The van der Waals surface area contributed by atoms with Crippen molar-refractivity contribution in [3.8, 4) is 0 Å². The quantitative estimate of drug-likeness (QED) is 0.862. The molecule has 1 fully saturated rings. The van der Waals surface area contributed by atoms with E-state index in [4.69, 9.17) is 22.1 Å². The largest absolute Gasteiger partial charge is 0.368 e. The topological polar surface area (TPSA) is 78.8 Å². The Morgan fingerprint density at radius 3 is 2.86 bits per heavy atom. The smallest absolute Gasteiger partial charge is 0.223 e. The maximum absolute atomic E-state index is 15.1. The Bertz CT molecular complexity index is 688. The molecule has 0 radical (unpaired) electrons. The van der Waals surface area contributed by atoms with E-state index in [-0.39, 0.29) is 23.1 Å². The predicted octanol–water partition coefficient (Wildman–Crippen LogP) is 2.73. The molecule has 3 heterocycles. The minimum absolute atomic E-state index is 0.0212. The number of aromatic nitrogens is 4. The first-order chi connectivity index (χ1) is 9.86. The monoisotopic (exact) mass is 313 g/mol. The molecule has 0 spiro atoms. The van der Waals surface area contributed by atoms with E-state index in [2.05, 4.69) is 15.0 Å². The number of rotatable bonds is 2. The van der Waals surface area contributed by atoms with Gasteiger partial charge in [0.25, 0.3) is 0 Å². The summed E-state index contributed by atoms with van der Waals surface area (Å²) in [5, 5.41) is 0.148. The molecule has 2 aromatic rings. The molecule has 3 rings (SSSR count). The standard InChI is InChI=1S/C13H17ClFN5O/c1-4-7-6(2)13(3,15)11(21-7)20-5-17-8-9(14)18-12(16)19-10(8)20/h5-7,11H,4H2,1-3H3,(H2,16,18,19)/t6-,7?,11?,13-/m1/s1. The summed E-state index contributed by atoms with van der Waals surface area (Å²) in [5.41, 5.74) is 4.84. The summed E-state index contributed by atoms with van der Waals surface area (Å²) in [6, 6.07) is 0. The normalized spacial score (nSPS) is 32.9. The number of nitrogens with two attached hydrogens (primary N) is 1. The van der Waals surface area contributed by atoms with Gasteiger partial charge in [0.2, 0.25) is 5.95 Å². The van der Waals surface area contributed by atoms with Gasteiger partial charge in [0.15, 0.2) is 22.7 Å². The second-order valence-corrected chi connectivity index (χ2v) is 5.93. The van der Waals surface area contributed by atoms with Crippen molar-refractivity contribution in [2.24, 2.45) is 5.92 Å². The van der Waals surface area contributed by atoms with Crippen LogP contribution in [0.4, 0.5) is 10.3 Å². The van der Waals surface area contributed by atoms with Gasteiger partial charge in [0.05, 0.1) is 12.4 Å². The molecule has 2 unspecified atom stereocenters. The molecule has 0 bridgehead atoms. The fraction of sp³-hybridized carbons (Fsp3) is 0.615. The summed E-state index contributed by atoms with van der Waals surface area (Å²) in [4.78, 5) is 12.1. The zero-order chi connectivity index (χ0) is 15.4. The van der Waals surface area contributed by atoms with Crippen LogP contribution in [0.25, 0.3) is 11.2 Å². The van der Waals surface area contributed by atoms with Crippen molar-refractivity contribution >= 4 is 28.7 Å². The molecule has 0 amide bonds. The van der Waals surface area contributed by atoms with E-state index in [0.717, 1.165) is 6.42 Å². The van der Waals surface area contributed by atoms with Crippen molar-refractivity contribution in [3.63, 3.8) is 0 Å². The molecule has 0 saturated carbocycles. The number of halogens is 2. The highest BCUT2D eigenvalue weighted by molar-refractivity contribution is 6.33. The Kier molecular flexibility index (Phi) is 3.29. The van der Waals surface area contributed by atoms with Crippen LogP contribution in [0, 0.1) is 5.92 Å². The Balaban J connectivity index is 2.13. The van der Waals surface area contributed by atoms with Gasteiger partial charge < -0.3 is 10.5 Å². The molecule has 0 aromatic carbocycles. The van der Waals surface area contributed by atoms with Gasteiger partial charge in [-0.3, -0.25) is 4.57 Å². The summed E-state index contributed by atoms with van der Waals surface area (Å²) < 4.78 is 22.5. The molecule has 1 aliphatic rings. The summed E-state index contributed by atoms with van der Waals surface area (Å²) >= 11 is 6.00. The zero-order valence-electron chi connectivity index (χ0n) is 12.0. The fourth-order valence-electron chi connectivity index (χ4n) is 2.86. The first-order valence-corrected chi connectivity index (χ1v) is 7.24. The van der Waals surface area contributed by atoms with Gasteiger partial charge in [0, 0.05) is 5.92 Å². The predicted molar refractivity (Wildman–Crippen MR) is 77.6 cm³/mol. The highest BCUT2D eigenvalue weighted by atomic mass is 35.5. The van der Waals surface area contributed by atoms with Crippen LogP contribution in [-0.4, -0.2) is 31.3 Å². The highest BCUT2D eigenvalue weighted by Crippen LogP contribution is 2.47. The second kappa shape index (κ2) is 4.78. The number of nitrogens with zero attached hydrogens (tertiary/aromatic N) is 4. The SMILES string of the molecule is CCC1OC(n2cnc3c(Cl)nc(N)nc32)[C@](C)(F)[C@@H]1C. The van der Waals surface area contributed by atoms with E-state index in [9.17, 15) is 0 Å². The number of hydrogen-bond donors (Lipinski definition) is 1. The van der Waals surface area contributed by atoms with E-state index in [0.29, 0.717) is 11.2 Å². The third kappa shape index (κ3) is 2.06. The molecular formula is C13H17ClFN5O. The number of nitrogen functional groups attached to an aromatic ring is 1. The third-order valence-corrected chi connectivity index (χ3v) is 4.55. The maximum Gasteiger partial charge on any atom is 0.223 e. The second-order valence-electron chi connectivity index (χ2n) is 5.57. The van der Waals surface area contributed by atoms with Gasteiger partial charge in [-0.05, 0) is 13.3 Å². The van der Waals surface area contributed by atoms with Crippen LogP contribution in [0.2, 0.25) is 5.15 Å². The Morgan fingerprint density at radius 2 is 2.24 bits per heavy atom. The van der Waals surface area contributed by atoms with E-state index >= 15 is 4.39 Å². The number of ether oxygens (including phenoxy) is 1. The average molecular weight is 314 g/mol. The van der Waals surface area contributed by atoms with Crippen LogP contribution >= 0.6 is 11.6 Å². The number of anilines is 1. The lowest BCUT2D eigenvalue weighted by Gasteiger charge is -2.25. The maximum atomic E-state index is 15.1. The van der Waals surface area contributed by atoms with Gasteiger partial charge >= 0.3 is 0 Å². The van der Waals surface area contributed by atoms with Crippen molar-refractivity contribution in [1.82, 2.24) is 19.5 Å². The summed E-state index contributed by atoms with van der Waals surface area (Å²) in [6.07, 6.45) is 1.24. The summed E-state index contributed by atoms with van der Waals surface area (Å²) in [5.74, 6) is -0.215. The molecular weight excluding hydrogens is 297 g/mol. The number of fused-ring (bicyclic) bond motifs is 1. The number of hydrogen-bond acceptors (Lipinski definition) is 5. The number of alkyl halides is 1. The van der Waals surface area contributed by atoms with Crippen LogP contribution in [0.5, 0.6) is 0 Å². The number of imidazole rings is 1. The van der Waals surface area contributed by atoms with Crippen molar-refractivity contribution < 1.29 is 9.13 Å². The lowest BCUT2D eigenvalue weighted by atomic mass is 9.88. The molecule has 4 atom stereocenters. The van der Waals surface area contributed by atoms with Crippen LogP contribution in [0.15, 0.2) is 6.33 Å². The minimum atomic E-state index is -1.54. The van der Waals surface area contributed by atoms with Crippen molar-refractivity contribution in [3.05, 3.63) is 11.5 Å². The van der Waals surface area contributed by atoms with Crippen molar-refractivity contribution in [2.45, 2.75) is 45.2 Å². The zero-order valence-corrected chi connectivity index (χ0v) is 12.8. The molecule has 114 valence electrons. The van der Waals surface area contributed by atoms with E-state index in [1.165, 1.54) is 13.3 Å². The molecule has 2 N–H and O–H groups in total. The van der Waals surface area contributed by atoms with Gasteiger partial charge in [-0.25, -0.2) is 9.37 Å². The van der Waals surface area contributed by atoms with Gasteiger partial charge in [-0.2, -0.15) is 9.97 Å².